The van der Waals surface area contributed by atoms with Crippen LogP contribution in [0.15, 0.2) is 42.7 Å². The minimum absolute atomic E-state index is 0.00241. The fourth-order valence-electron chi connectivity index (χ4n) is 3.15. The van der Waals surface area contributed by atoms with E-state index in [-0.39, 0.29) is 18.5 Å². The van der Waals surface area contributed by atoms with Crippen molar-refractivity contribution in [3.05, 3.63) is 59.7 Å². The molecule has 0 spiro atoms. The molecule has 29 heavy (non-hydrogen) atoms. The van der Waals surface area contributed by atoms with Crippen molar-refractivity contribution in [3.63, 3.8) is 0 Å². The number of halogens is 1. The lowest BCUT2D eigenvalue weighted by Crippen LogP contribution is -2.51. The van der Waals surface area contributed by atoms with Gasteiger partial charge in [0.2, 0.25) is 5.95 Å². The summed E-state index contributed by atoms with van der Waals surface area (Å²) in [6.07, 6.45) is 6.79. The van der Waals surface area contributed by atoms with Gasteiger partial charge in [-0.1, -0.05) is 24.3 Å². The lowest BCUT2D eigenvalue weighted by molar-refractivity contribution is 0.0525. The number of aromatic nitrogens is 2. The summed E-state index contributed by atoms with van der Waals surface area (Å²) < 4.78 is 17.9. The Labute approximate surface area is 169 Å². The van der Waals surface area contributed by atoms with Gasteiger partial charge in [-0.3, -0.25) is 4.90 Å². The van der Waals surface area contributed by atoms with Gasteiger partial charge in [-0.2, -0.15) is 0 Å². The van der Waals surface area contributed by atoms with Gasteiger partial charge in [-0.15, -0.1) is 0 Å². The van der Waals surface area contributed by atoms with Crippen LogP contribution in [0, 0.1) is 5.82 Å². The summed E-state index contributed by atoms with van der Waals surface area (Å²) >= 11 is 0. The number of nitrogens with zero attached hydrogens (tertiary/aromatic N) is 4. The summed E-state index contributed by atoms with van der Waals surface area (Å²) in [4.78, 5) is 24.5. The van der Waals surface area contributed by atoms with E-state index >= 15 is 0 Å². The molecule has 0 bridgehead atoms. The van der Waals surface area contributed by atoms with Crippen LogP contribution in [0.2, 0.25) is 0 Å². The molecular formula is C21H25FN4O3. The number of aliphatic hydroxyl groups is 1. The van der Waals surface area contributed by atoms with Crippen molar-refractivity contribution in [3.8, 4) is 0 Å². The smallest absolute Gasteiger partial charge is 0.341 e. The first kappa shape index (κ1) is 20.9. The minimum Gasteiger partial charge on any atom is -0.462 e. The second-order valence-electron chi connectivity index (χ2n) is 6.68. The predicted molar refractivity (Wildman–Crippen MR) is 108 cm³/mol. The molecule has 1 aliphatic rings. The molecule has 1 atom stereocenters. The summed E-state index contributed by atoms with van der Waals surface area (Å²) in [5.74, 6) is -0.128. The van der Waals surface area contributed by atoms with Crippen LogP contribution in [-0.2, 0) is 4.74 Å². The fourth-order valence-corrected chi connectivity index (χ4v) is 3.15. The number of rotatable bonds is 7. The number of carbonyl (C=O) groups excluding carboxylic acids is 1. The summed E-state index contributed by atoms with van der Waals surface area (Å²) in [6.45, 7) is 4.96. The third kappa shape index (κ3) is 5.58. The van der Waals surface area contributed by atoms with Gasteiger partial charge < -0.3 is 14.7 Å². The second kappa shape index (κ2) is 10.1. The standard InChI is InChI=1S/C21H25FN4O3/c1-2-29-20(28)17-13-23-21(24-14-17)26-11-9-25(10-12-26)19(15-27)8-5-16-3-6-18(22)7-4-16/h3-8,13-14,19,27H,2,9-12,15H2,1H3/b8-5+/t19-/m0/s1. The van der Waals surface area contributed by atoms with Crippen LogP contribution in [-0.4, -0.2) is 71.4 Å². The predicted octanol–water partition coefficient (Wildman–Crippen LogP) is 1.99. The fraction of sp³-hybridized carbons (Fsp3) is 0.381. The first-order valence-electron chi connectivity index (χ1n) is 9.63. The highest BCUT2D eigenvalue weighted by Crippen LogP contribution is 2.15. The van der Waals surface area contributed by atoms with Crippen LogP contribution >= 0.6 is 0 Å². The molecule has 1 aliphatic heterocycles. The second-order valence-corrected chi connectivity index (χ2v) is 6.68. The maximum absolute atomic E-state index is 13.0. The molecular weight excluding hydrogens is 375 g/mol. The molecule has 1 fully saturated rings. The lowest BCUT2D eigenvalue weighted by atomic mass is 10.1. The van der Waals surface area contributed by atoms with Gasteiger partial charge in [-0.25, -0.2) is 19.2 Å². The van der Waals surface area contributed by atoms with Crippen molar-refractivity contribution in [2.75, 3.05) is 44.3 Å². The molecule has 0 amide bonds. The molecule has 0 aliphatic carbocycles. The van der Waals surface area contributed by atoms with E-state index in [0.717, 1.165) is 18.7 Å². The Balaban J connectivity index is 1.56. The highest BCUT2D eigenvalue weighted by Gasteiger charge is 2.23. The molecule has 2 heterocycles. The lowest BCUT2D eigenvalue weighted by Gasteiger charge is -2.37. The van der Waals surface area contributed by atoms with Crippen molar-refractivity contribution in [2.24, 2.45) is 0 Å². The number of benzene rings is 1. The number of hydrogen-bond donors (Lipinski definition) is 1. The summed E-state index contributed by atoms with van der Waals surface area (Å²) in [5, 5.41) is 9.77. The van der Waals surface area contributed by atoms with Crippen molar-refractivity contribution in [1.29, 1.82) is 0 Å². The average molecular weight is 400 g/mol. The van der Waals surface area contributed by atoms with Crippen molar-refractivity contribution in [2.45, 2.75) is 13.0 Å². The minimum atomic E-state index is -0.428. The molecule has 8 heteroatoms. The zero-order valence-electron chi connectivity index (χ0n) is 16.4. The summed E-state index contributed by atoms with van der Waals surface area (Å²) in [6, 6.07) is 6.12. The first-order valence-corrected chi connectivity index (χ1v) is 9.63. The number of esters is 1. The van der Waals surface area contributed by atoms with Crippen molar-refractivity contribution in [1.82, 2.24) is 14.9 Å². The van der Waals surface area contributed by atoms with Crippen LogP contribution in [0.1, 0.15) is 22.8 Å². The van der Waals surface area contributed by atoms with Crippen LogP contribution in [0.4, 0.5) is 10.3 Å². The molecule has 0 radical (unpaired) electrons. The number of carbonyl (C=O) groups is 1. The number of anilines is 1. The van der Waals surface area contributed by atoms with E-state index in [1.54, 1.807) is 19.1 Å². The van der Waals surface area contributed by atoms with Crippen LogP contribution < -0.4 is 4.90 Å². The Hall–Kier alpha value is -2.84. The Kier molecular flexibility index (Phi) is 7.26. The molecule has 1 aromatic heterocycles. The van der Waals surface area contributed by atoms with Gasteiger partial charge in [0.1, 0.15) is 5.82 Å². The van der Waals surface area contributed by atoms with Crippen LogP contribution in [0.3, 0.4) is 0 Å². The molecule has 0 unspecified atom stereocenters. The largest absolute Gasteiger partial charge is 0.462 e. The van der Waals surface area contributed by atoms with Crippen LogP contribution in [0.5, 0.6) is 0 Å². The van der Waals surface area contributed by atoms with Gasteiger partial charge >= 0.3 is 5.97 Å². The van der Waals surface area contributed by atoms with E-state index in [0.29, 0.717) is 31.2 Å². The van der Waals surface area contributed by atoms with E-state index in [1.165, 1.54) is 24.5 Å². The molecule has 2 aromatic rings. The summed E-state index contributed by atoms with van der Waals surface area (Å²) in [5.41, 5.74) is 1.22. The highest BCUT2D eigenvalue weighted by molar-refractivity contribution is 5.88. The van der Waals surface area contributed by atoms with E-state index in [4.69, 9.17) is 4.74 Å². The first-order chi connectivity index (χ1) is 14.1. The van der Waals surface area contributed by atoms with E-state index in [2.05, 4.69) is 14.9 Å². The molecule has 3 rings (SSSR count). The molecule has 1 aromatic carbocycles. The number of ether oxygens (including phenoxy) is 1. The number of aliphatic hydroxyl groups excluding tert-OH is 1. The molecule has 1 N–H and O–H groups in total. The average Bonchev–Trinajstić information content (AvgIpc) is 2.76. The molecule has 1 saturated heterocycles. The maximum atomic E-state index is 13.0. The van der Waals surface area contributed by atoms with E-state index in [1.807, 2.05) is 17.1 Å². The third-order valence-electron chi connectivity index (χ3n) is 4.78. The zero-order valence-corrected chi connectivity index (χ0v) is 16.4. The maximum Gasteiger partial charge on any atom is 0.341 e. The molecule has 154 valence electrons. The normalized spacial score (nSPS) is 16.2. The Morgan fingerprint density at radius 3 is 2.45 bits per heavy atom. The van der Waals surface area contributed by atoms with Gasteiger partial charge in [0.05, 0.1) is 24.8 Å². The summed E-state index contributed by atoms with van der Waals surface area (Å²) in [7, 11) is 0. The monoisotopic (exact) mass is 400 g/mol. The van der Waals surface area contributed by atoms with Crippen molar-refractivity contribution < 1.29 is 19.0 Å². The highest BCUT2D eigenvalue weighted by atomic mass is 19.1. The number of hydrogen-bond acceptors (Lipinski definition) is 7. The van der Waals surface area contributed by atoms with Crippen LogP contribution in [0.25, 0.3) is 6.08 Å². The van der Waals surface area contributed by atoms with Crippen molar-refractivity contribution >= 4 is 18.0 Å². The van der Waals surface area contributed by atoms with Gasteiger partial charge in [0.25, 0.3) is 0 Å². The van der Waals surface area contributed by atoms with Gasteiger partial charge in [-0.05, 0) is 24.6 Å². The molecule has 7 nitrogen and oxygen atoms in total. The number of piperazine rings is 1. The SMILES string of the molecule is CCOC(=O)c1cnc(N2CCN([C@@H](/C=C/c3ccc(F)cc3)CO)CC2)nc1. The van der Waals surface area contributed by atoms with Gasteiger partial charge in [0, 0.05) is 38.6 Å². The third-order valence-corrected chi connectivity index (χ3v) is 4.78. The van der Waals surface area contributed by atoms with E-state index < -0.39 is 5.97 Å². The quantitative estimate of drug-likeness (QED) is 0.712. The Morgan fingerprint density at radius 1 is 1.21 bits per heavy atom. The Morgan fingerprint density at radius 2 is 1.86 bits per heavy atom. The topological polar surface area (TPSA) is 78.8 Å². The molecule has 0 saturated carbocycles. The van der Waals surface area contributed by atoms with Gasteiger partial charge in [0.15, 0.2) is 0 Å². The Bertz CT molecular complexity index is 819. The van der Waals surface area contributed by atoms with E-state index in [9.17, 15) is 14.3 Å². The zero-order chi connectivity index (χ0) is 20.6.